The molecule has 0 amide bonds. The van der Waals surface area contributed by atoms with Crippen molar-refractivity contribution < 1.29 is 19.5 Å². The van der Waals surface area contributed by atoms with Gasteiger partial charge in [-0.1, -0.05) is 17.3 Å². The van der Waals surface area contributed by atoms with Gasteiger partial charge in [0, 0.05) is 0 Å². The Hall–Kier alpha value is -2.04. The van der Waals surface area contributed by atoms with Crippen molar-refractivity contribution in [1.29, 1.82) is 0 Å². The number of aliphatic carboxylic acids is 1. The van der Waals surface area contributed by atoms with Gasteiger partial charge in [0.25, 0.3) is 0 Å². The van der Waals surface area contributed by atoms with E-state index in [4.69, 9.17) is 14.7 Å². The van der Waals surface area contributed by atoms with Gasteiger partial charge in [0.05, 0.1) is 7.11 Å². The Balaban J connectivity index is 2.10. The Bertz CT molecular complexity index is 440. The van der Waals surface area contributed by atoms with Crippen LogP contribution < -0.4 is 4.74 Å². The predicted molar refractivity (Wildman–Crippen MR) is 77.2 cm³/mol. The largest absolute Gasteiger partial charge is 0.497 e. The number of rotatable bonds is 9. The smallest absolute Gasteiger partial charge is 0.353 e. The number of carboxylic acids is 1. The second-order valence-electron chi connectivity index (χ2n) is 4.47. The standard InChI is InChI=1S/C15H21NO4/c1-12(15(17)18)16-20-11-5-3-4-6-13-7-9-14(19-2)10-8-13/h7-10H,3-6,11H2,1-2H3,(H,17,18). The molecule has 20 heavy (non-hydrogen) atoms. The SMILES string of the molecule is COc1ccc(CCCCCON=C(C)C(=O)O)cc1. The molecule has 1 rings (SSSR count). The normalized spacial score (nSPS) is 11.2. The van der Waals surface area contributed by atoms with E-state index in [2.05, 4.69) is 17.3 Å². The van der Waals surface area contributed by atoms with E-state index in [9.17, 15) is 4.79 Å². The summed E-state index contributed by atoms with van der Waals surface area (Å²) < 4.78 is 5.10. The second kappa shape index (κ2) is 8.96. The molecule has 1 aromatic rings. The maximum atomic E-state index is 10.4. The third kappa shape index (κ3) is 6.22. The van der Waals surface area contributed by atoms with Crippen LogP contribution in [-0.2, 0) is 16.1 Å². The zero-order valence-electron chi connectivity index (χ0n) is 12.0. The summed E-state index contributed by atoms with van der Waals surface area (Å²) in [6.07, 6.45) is 3.97. The highest BCUT2D eigenvalue weighted by molar-refractivity contribution is 6.34. The van der Waals surface area contributed by atoms with Crippen molar-refractivity contribution in [1.82, 2.24) is 0 Å². The second-order valence-corrected chi connectivity index (χ2v) is 4.47. The van der Waals surface area contributed by atoms with E-state index in [-0.39, 0.29) is 5.71 Å². The maximum Gasteiger partial charge on any atom is 0.353 e. The number of hydrogen-bond acceptors (Lipinski definition) is 4. The summed E-state index contributed by atoms with van der Waals surface area (Å²) in [4.78, 5) is 15.4. The molecule has 0 atom stereocenters. The summed E-state index contributed by atoms with van der Waals surface area (Å²) in [7, 11) is 1.66. The van der Waals surface area contributed by atoms with Crippen LogP contribution in [0.5, 0.6) is 5.75 Å². The Morgan fingerprint density at radius 2 is 1.90 bits per heavy atom. The molecule has 0 spiro atoms. The molecule has 0 bridgehead atoms. The molecule has 0 aliphatic rings. The van der Waals surface area contributed by atoms with Crippen LogP contribution in [-0.4, -0.2) is 30.5 Å². The topological polar surface area (TPSA) is 68.1 Å². The summed E-state index contributed by atoms with van der Waals surface area (Å²) in [5.74, 6) is -0.182. The molecular formula is C15H21NO4. The van der Waals surface area contributed by atoms with Crippen LogP contribution >= 0.6 is 0 Å². The lowest BCUT2D eigenvalue weighted by Gasteiger charge is -2.04. The minimum absolute atomic E-state index is 0.0248. The Morgan fingerprint density at radius 1 is 1.20 bits per heavy atom. The molecule has 0 aliphatic carbocycles. The molecule has 0 aliphatic heterocycles. The first-order valence-corrected chi connectivity index (χ1v) is 6.66. The average molecular weight is 279 g/mol. The van der Waals surface area contributed by atoms with E-state index < -0.39 is 5.97 Å². The van der Waals surface area contributed by atoms with E-state index in [0.29, 0.717) is 6.61 Å². The number of carboxylic acid groups (broad SMARTS) is 1. The molecule has 0 saturated carbocycles. The molecule has 5 nitrogen and oxygen atoms in total. The van der Waals surface area contributed by atoms with Gasteiger partial charge in [-0.25, -0.2) is 4.79 Å². The number of methoxy groups -OCH3 is 1. The predicted octanol–water partition coefficient (Wildman–Crippen LogP) is 2.89. The van der Waals surface area contributed by atoms with Gasteiger partial charge in [-0.15, -0.1) is 0 Å². The van der Waals surface area contributed by atoms with Crippen molar-refractivity contribution in [2.45, 2.75) is 32.6 Å². The highest BCUT2D eigenvalue weighted by Gasteiger charge is 2.01. The van der Waals surface area contributed by atoms with Gasteiger partial charge in [0.1, 0.15) is 12.4 Å². The van der Waals surface area contributed by atoms with Crippen LogP contribution in [0.25, 0.3) is 0 Å². The molecule has 0 unspecified atom stereocenters. The third-order valence-electron chi connectivity index (χ3n) is 2.87. The average Bonchev–Trinajstić information content (AvgIpc) is 2.46. The van der Waals surface area contributed by atoms with E-state index in [0.717, 1.165) is 31.4 Å². The fourth-order valence-electron chi connectivity index (χ4n) is 1.65. The highest BCUT2D eigenvalue weighted by atomic mass is 16.6. The maximum absolute atomic E-state index is 10.4. The number of nitrogens with zero attached hydrogens (tertiary/aromatic N) is 1. The van der Waals surface area contributed by atoms with Crippen molar-refractivity contribution in [2.24, 2.45) is 5.16 Å². The molecule has 0 aromatic heterocycles. The van der Waals surface area contributed by atoms with E-state index in [1.807, 2.05) is 12.1 Å². The van der Waals surface area contributed by atoms with Gasteiger partial charge in [-0.2, -0.15) is 0 Å². The number of aryl methyl sites for hydroxylation is 1. The summed E-state index contributed by atoms with van der Waals surface area (Å²) >= 11 is 0. The summed E-state index contributed by atoms with van der Waals surface area (Å²) in [5, 5.41) is 12.1. The summed E-state index contributed by atoms with van der Waals surface area (Å²) in [6.45, 7) is 1.86. The van der Waals surface area contributed by atoms with Crippen LogP contribution in [0.3, 0.4) is 0 Å². The van der Waals surface area contributed by atoms with Gasteiger partial charge in [0.15, 0.2) is 5.71 Å². The molecule has 0 radical (unpaired) electrons. The lowest BCUT2D eigenvalue weighted by atomic mass is 10.1. The van der Waals surface area contributed by atoms with Crippen molar-refractivity contribution >= 4 is 11.7 Å². The van der Waals surface area contributed by atoms with Crippen molar-refractivity contribution in [2.75, 3.05) is 13.7 Å². The monoisotopic (exact) mass is 279 g/mol. The van der Waals surface area contributed by atoms with Crippen LogP contribution in [0.2, 0.25) is 0 Å². The number of hydrogen-bond donors (Lipinski definition) is 1. The molecule has 1 aromatic carbocycles. The molecule has 1 N–H and O–H groups in total. The first-order chi connectivity index (χ1) is 9.63. The van der Waals surface area contributed by atoms with E-state index in [1.165, 1.54) is 12.5 Å². The molecule has 0 fully saturated rings. The van der Waals surface area contributed by atoms with Crippen molar-refractivity contribution in [3.63, 3.8) is 0 Å². The first-order valence-electron chi connectivity index (χ1n) is 6.66. The number of carbonyl (C=O) groups is 1. The van der Waals surface area contributed by atoms with Gasteiger partial charge < -0.3 is 14.7 Å². The molecule has 110 valence electrons. The van der Waals surface area contributed by atoms with E-state index >= 15 is 0 Å². The lowest BCUT2D eigenvalue weighted by Crippen LogP contribution is -2.08. The molecule has 0 saturated heterocycles. The molecule has 5 heteroatoms. The Morgan fingerprint density at radius 3 is 2.50 bits per heavy atom. The van der Waals surface area contributed by atoms with Crippen LogP contribution in [0.1, 0.15) is 31.7 Å². The summed E-state index contributed by atoms with van der Waals surface area (Å²) in [6, 6.07) is 8.05. The number of oxime groups is 1. The van der Waals surface area contributed by atoms with Gasteiger partial charge >= 0.3 is 5.97 Å². The zero-order valence-corrected chi connectivity index (χ0v) is 12.0. The minimum atomic E-state index is -1.05. The van der Waals surface area contributed by atoms with Gasteiger partial charge in [-0.05, 0) is 50.3 Å². The quantitative estimate of drug-likeness (QED) is 0.429. The zero-order chi connectivity index (χ0) is 14.8. The number of unbranched alkanes of at least 4 members (excludes halogenated alkanes) is 2. The lowest BCUT2D eigenvalue weighted by molar-refractivity contribution is -0.129. The highest BCUT2D eigenvalue weighted by Crippen LogP contribution is 2.13. The Labute approximate surface area is 119 Å². The van der Waals surface area contributed by atoms with Crippen LogP contribution in [0.4, 0.5) is 0 Å². The Kier molecular flexibility index (Phi) is 7.17. The van der Waals surface area contributed by atoms with Gasteiger partial charge in [-0.3, -0.25) is 0 Å². The third-order valence-corrected chi connectivity index (χ3v) is 2.87. The first kappa shape index (κ1) is 16.0. The van der Waals surface area contributed by atoms with Crippen molar-refractivity contribution in [3.8, 4) is 5.75 Å². The minimum Gasteiger partial charge on any atom is -0.497 e. The fraction of sp³-hybridized carbons (Fsp3) is 0.467. The van der Waals surface area contributed by atoms with Crippen LogP contribution in [0.15, 0.2) is 29.4 Å². The molecule has 0 heterocycles. The molecular weight excluding hydrogens is 258 g/mol. The van der Waals surface area contributed by atoms with Crippen molar-refractivity contribution in [3.05, 3.63) is 29.8 Å². The summed E-state index contributed by atoms with van der Waals surface area (Å²) in [5.41, 5.74) is 1.26. The van der Waals surface area contributed by atoms with E-state index in [1.54, 1.807) is 7.11 Å². The van der Waals surface area contributed by atoms with Gasteiger partial charge in [0.2, 0.25) is 0 Å². The number of benzene rings is 1. The fourth-order valence-corrected chi connectivity index (χ4v) is 1.65. The van der Waals surface area contributed by atoms with Crippen LogP contribution in [0, 0.1) is 0 Å². The number of ether oxygens (including phenoxy) is 1.